The van der Waals surface area contributed by atoms with Gasteiger partial charge < -0.3 is 85.9 Å². The van der Waals surface area contributed by atoms with E-state index in [0.717, 1.165) is 12.4 Å². The molecule has 0 amide bonds. The summed E-state index contributed by atoms with van der Waals surface area (Å²) in [5, 5.41) is 12.0. The van der Waals surface area contributed by atoms with Crippen LogP contribution in [0.2, 0.25) is 0 Å². The molecule has 0 aliphatic heterocycles. The summed E-state index contributed by atoms with van der Waals surface area (Å²) in [7, 11) is -22.3. The molecule has 0 bridgehead atoms. The molecular formula is C14H30N2Na2O19P4. The molecule has 21 nitrogen and oxygen atoms in total. The molecule has 2 heterocycles. The summed E-state index contributed by atoms with van der Waals surface area (Å²) in [6, 6.07) is 5.40. The number of hydrogen-bond acceptors (Lipinski definition) is 10. The molecule has 2 aromatic rings. The van der Waals surface area contributed by atoms with Crippen LogP contribution in [-0.2, 0) is 31.1 Å². The number of nitrogens with zero attached hydrogens (tertiary/aromatic N) is 2. The molecule has 0 saturated carbocycles. The molecule has 4 atom stereocenters. The average molecular weight is 700 g/mol. The van der Waals surface area contributed by atoms with E-state index in [1.807, 2.05) is 0 Å². The summed E-state index contributed by atoms with van der Waals surface area (Å²) in [4.78, 5) is 82.0. The smallest absolute Gasteiger partial charge is 0.776 e. The molecule has 232 valence electrons. The van der Waals surface area contributed by atoms with Gasteiger partial charge in [-0.05, 0) is 23.3 Å². The molecule has 0 fully saturated rings. The topological polar surface area (TPSA) is 460 Å². The maximum atomic E-state index is 11.0. The van der Waals surface area contributed by atoms with E-state index < -0.39 is 53.4 Å². The van der Waals surface area contributed by atoms with Crippen LogP contribution in [0.1, 0.15) is 11.1 Å². The zero-order chi connectivity index (χ0) is 26.6. The fourth-order valence-electron chi connectivity index (χ4n) is 2.29. The van der Waals surface area contributed by atoms with Crippen molar-refractivity contribution in [3.05, 3.63) is 60.2 Å². The molecule has 2 aromatic heterocycles. The summed E-state index contributed by atoms with van der Waals surface area (Å²) in [6.07, 6.45) is 3.04. The van der Waals surface area contributed by atoms with Gasteiger partial charge in [-0.3, -0.25) is 19.1 Å². The normalized spacial score (nSPS) is 16.0. The van der Waals surface area contributed by atoms with Gasteiger partial charge in [0.05, 0.1) is 0 Å². The molecule has 4 unspecified atom stereocenters. The standard InChI is InChI=1S/2C7H11NO7P2.2Na.5H2O/c2*9-7(16(10,11)12,17(13,14)15)4-6-2-1-3-8-5-6;;;;;;;/h2*1-3,5,9H,4H2,(H2,10,11,12)(H2,13,14,15);;;5*1H2/q;;2*+1;;;;;/p-2. The van der Waals surface area contributed by atoms with Crippen LogP contribution in [0.25, 0.3) is 0 Å². The number of aromatic nitrogens is 2. The van der Waals surface area contributed by atoms with Crippen LogP contribution in [0.3, 0.4) is 0 Å². The summed E-state index contributed by atoms with van der Waals surface area (Å²) >= 11 is 0. The van der Waals surface area contributed by atoms with Gasteiger partial charge in [-0.1, -0.05) is 12.1 Å². The van der Waals surface area contributed by atoms with Crippen LogP contribution >= 0.6 is 30.4 Å². The minimum atomic E-state index is -5.66. The third-order valence-electron chi connectivity index (χ3n) is 4.17. The third kappa shape index (κ3) is 15.5. The van der Waals surface area contributed by atoms with Gasteiger partial charge in [0.25, 0.3) is 0 Å². The first-order valence-corrected chi connectivity index (χ1v) is 15.0. The molecule has 0 aliphatic rings. The first kappa shape index (κ1) is 57.3. The third-order valence-corrected chi connectivity index (χ3v) is 11.6. The molecule has 41 heavy (non-hydrogen) atoms. The van der Waals surface area contributed by atoms with Crippen molar-refractivity contribution in [1.29, 1.82) is 0 Å². The number of aliphatic hydroxyl groups is 2. The van der Waals surface area contributed by atoms with E-state index in [2.05, 4.69) is 9.97 Å². The van der Waals surface area contributed by atoms with E-state index in [1.54, 1.807) is 0 Å². The van der Waals surface area contributed by atoms with Gasteiger partial charge in [0.2, 0.25) is 10.2 Å². The number of rotatable bonds is 8. The van der Waals surface area contributed by atoms with Crippen molar-refractivity contribution in [2.24, 2.45) is 0 Å². The molecule has 2 rings (SSSR count). The van der Waals surface area contributed by atoms with Gasteiger partial charge >= 0.3 is 74.3 Å². The van der Waals surface area contributed by atoms with Gasteiger partial charge in [0, 0.05) is 37.6 Å². The van der Waals surface area contributed by atoms with Crippen LogP contribution in [0, 0.1) is 0 Å². The second kappa shape index (κ2) is 21.4. The van der Waals surface area contributed by atoms with Crippen molar-refractivity contribution >= 4 is 30.4 Å². The Kier molecular flexibility index (Phi) is 29.9. The van der Waals surface area contributed by atoms with Crippen molar-refractivity contribution < 1.29 is 154 Å². The molecule has 0 radical (unpaired) electrons. The Labute approximate surface area is 275 Å². The second-order valence-electron chi connectivity index (χ2n) is 6.75. The van der Waals surface area contributed by atoms with E-state index in [4.69, 9.17) is 29.4 Å². The summed E-state index contributed by atoms with van der Waals surface area (Å²) in [5.74, 6) is 0. The Bertz CT molecular complexity index is 1020. The molecular weight excluding hydrogens is 670 g/mol. The minimum Gasteiger partial charge on any atom is -0.776 e. The number of hydrogen-bond donors (Lipinski definition) is 8. The molecule has 0 spiro atoms. The van der Waals surface area contributed by atoms with Crippen LogP contribution < -0.4 is 68.9 Å². The average Bonchev–Trinajstić information content (AvgIpc) is 2.66. The first-order chi connectivity index (χ1) is 15.2. The molecule has 0 saturated heterocycles. The Morgan fingerprint density at radius 1 is 0.610 bits per heavy atom. The Morgan fingerprint density at radius 3 is 1.00 bits per heavy atom. The van der Waals surface area contributed by atoms with E-state index in [-0.39, 0.29) is 97.6 Å². The van der Waals surface area contributed by atoms with Gasteiger partial charge in [-0.2, -0.15) is 0 Å². The van der Waals surface area contributed by atoms with Gasteiger partial charge in [-0.25, -0.2) is 0 Å². The zero-order valence-electron chi connectivity index (χ0n) is 21.2. The largest absolute Gasteiger partial charge is 1.00 e. The summed E-state index contributed by atoms with van der Waals surface area (Å²) < 4.78 is 43.8. The predicted molar refractivity (Wildman–Crippen MR) is 128 cm³/mol. The van der Waals surface area contributed by atoms with Gasteiger partial charge in [0.15, 0.2) is 15.2 Å². The molecule has 27 heteroatoms. The minimum absolute atomic E-state index is 0. The second-order valence-corrected chi connectivity index (χ2v) is 14.7. The van der Waals surface area contributed by atoms with Crippen molar-refractivity contribution in [1.82, 2.24) is 9.97 Å². The van der Waals surface area contributed by atoms with Crippen molar-refractivity contribution in [3.8, 4) is 0 Å². The quantitative estimate of drug-likeness (QED) is 0.0936. The van der Waals surface area contributed by atoms with E-state index in [9.17, 15) is 38.3 Å². The summed E-state index contributed by atoms with van der Waals surface area (Å²) in [6.45, 7) is 0. The SMILES string of the molecule is O.O.O.O.O.O=P([O-])(O)C(O)(Cc1cccnc1)P(=O)(O)O.O=P([O-])(O)C(O)(Cc1cccnc1)P(=O)(O)O.[Na+].[Na+]. The fraction of sp³-hybridized carbons (Fsp3) is 0.286. The predicted octanol–water partition coefficient (Wildman–Crippen LogP) is -12.1. The fourth-order valence-corrected chi connectivity index (χ4v) is 6.46. The van der Waals surface area contributed by atoms with Crippen LogP contribution in [-0.4, -0.2) is 87.1 Å². The van der Waals surface area contributed by atoms with Crippen molar-refractivity contribution in [2.45, 2.75) is 23.0 Å². The number of pyridine rings is 2. The molecule has 0 aromatic carbocycles. The molecule has 0 aliphatic carbocycles. The Hall–Kier alpha value is 0.620. The van der Waals surface area contributed by atoms with E-state index in [1.165, 1.54) is 36.7 Å². The van der Waals surface area contributed by atoms with Crippen molar-refractivity contribution in [2.75, 3.05) is 0 Å². The Balaban J connectivity index is -0.0000000963. The van der Waals surface area contributed by atoms with Crippen LogP contribution in [0.15, 0.2) is 49.1 Å². The maximum absolute atomic E-state index is 11.0. The Morgan fingerprint density at radius 2 is 0.854 bits per heavy atom. The van der Waals surface area contributed by atoms with Gasteiger partial charge in [-0.15, -0.1) is 0 Å². The molecule has 18 N–H and O–H groups in total. The zero-order valence-corrected chi connectivity index (χ0v) is 28.8. The van der Waals surface area contributed by atoms with E-state index >= 15 is 0 Å². The first-order valence-electron chi connectivity index (χ1n) is 8.57. The monoisotopic (exact) mass is 700 g/mol. The van der Waals surface area contributed by atoms with Gasteiger partial charge in [0.1, 0.15) is 0 Å². The van der Waals surface area contributed by atoms with Crippen molar-refractivity contribution in [3.63, 3.8) is 0 Å². The van der Waals surface area contributed by atoms with Crippen LogP contribution in [0.5, 0.6) is 0 Å². The summed E-state index contributed by atoms with van der Waals surface area (Å²) in [5.41, 5.74) is 0.118. The van der Waals surface area contributed by atoms with Crippen LogP contribution in [0.4, 0.5) is 0 Å². The maximum Gasteiger partial charge on any atom is 1.00 e. The van der Waals surface area contributed by atoms with E-state index in [0.29, 0.717) is 0 Å².